The molecule has 2 fully saturated rings. The summed E-state index contributed by atoms with van der Waals surface area (Å²) in [5.74, 6) is -1.29. The smallest absolute Gasteiger partial charge is 0.330 e. The van der Waals surface area contributed by atoms with Gasteiger partial charge < -0.3 is 20.3 Å². The second kappa shape index (κ2) is 8.23. The Balaban J connectivity index is 1.70. The molecule has 2 saturated heterocycles. The average molecular weight is 440 g/mol. The Kier molecular flexibility index (Phi) is 6.09. The lowest BCUT2D eigenvalue weighted by Gasteiger charge is -2.43. The Labute approximate surface area is 177 Å². The number of β-lactam (4-membered cyclic amide) rings is 1. The van der Waals surface area contributed by atoms with Crippen molar-refractivity contribution in [3.63, 3.8) is 0 Å². The van der Waals surface area contributed by atoms with Crippen molar-refractivity contribution >= 4 is 52.7 Å². The monoisotopic (exact) mass is 439 g/mol. The van der Waals surface area contributed by atoms with E-state index in [4.69, 9.17) is 16.3 Å². The molecule has 4 atom stereocenters. The first-order chi connectivity index (χ1) is 13.7. The number of nitrogens with one attached hydrogen (secondary N) is 2. The van der Waals surface area contributed by atoms with Gasteiger partial charge in [-0.15, -0.1) is 23.4 Å². The van der Waals surface area contributed by atoms with Crippen LogP contribution in [0.3, 0.4) is 0 Å². The van der Waals surface area contributed by atoms with Crippen LogP contribution in [0.4, 0.5) is 5.69 Å². The maximum Gasteiger partial charge on any atom is 0.330 e. The minimum Gasteiger partial charge on any atom is -0.467 e. The summed E-state index contributed by atoms with van der Waals surface area (Å²) in [7, 11) is 1.27. The van der Waals surface area contributed by atoms with Crippen LogP contribution < -0.4 is 10.6 Å². The number of carbonyl (C=O) groups excluding carboxylic acids is 4. The number of hydrogen-bond donors (Lipinski definition) is 2. The van der Waals surface area contributed by atoms with Crippen LogP contribution in [0.2, 0.25) is 0 Å². The third-order valence-electron chi connectivity index (χ3n) is 5.01. The number of ether oxygens (including phenoxy) is 1. The molecule has 3 rings (SSSR count). The van der Waals surface area contributed by atoms with Crippen molar-refractivity contribution in [1.29, 1.82) is 0 Å². The number of thioether (sulfide) groups is 1. The standard InChI is InChI=1S/C19H22ClN3O5S/c1-10(24)21-12-7-5-4-6-11(12)8-13(25)22-14-16(26)23-15(18(27)28-3)19(2,9-20)29-17(14)23/h4-7,14-15,17H,8-9H2,1-3H3,(H,21,24)(H,22,25)/t14-,15+,17-,19+/m1/s1. The summed E-state index contributed by atoms with van der Waals surface area (Å²) in [6.45, 7) is 3.20. The van der Waals surface area contributed by atoms with E-state index in [0.29, 0.717) is 11.3 Å². The van der Waals surface area contributed by atoms with Gasteiger partial charge in [-0.3, -0.25) is 14.4 Å². The van der Waals surface area contributed by atoms with Crippen molar-refractivity contribution in [2.24, 2.45) is 0 Å². The molecule has 3 amide bonds. The van der Waals surface area contributed by atoms with E-state index in [0.717, 1.165) is 0 Å². The summed E-state index contributed by atoms with van der Waals surface area (Å²) in [5.41, 5.74) is 1.19. The van der Waals surface area contributed by atoms with Gasteiger partial charge in [-0.05, 0) is 18.6 Å². The van der Waals surface area contributed by atoms with Gasteiger partial charge in [-0.1, -0.05) is 18.2 Å². The summed E-state index contributed by atoms with van der Waals surface area (Å²) in [6.07, 6.45) is 0.00479. The highest BCUT2D eigenvalue weighted by Gasteiger charge is 2.65. The Bertz CT molecular complexity index is 866. The Morgan fingerprint density at radius 2 is 2.00 bits per heavy atom. The molecule has 0 aliphatic carbocycles. The molecule has 156 valence electrons. The first kappa shape index (κ1) is 21.4. The molecule has 1 aromatic rings. The SMILES string of the molecule is COC(=O)[C@@H]1N2C(=O)[C@@H](NC(=O)Cc3ccccc3NC(C)=O)[C@H]2S[C@@]1(C)CCl. The molecular formula is C19H22ClN3O5S. The highest BCUT2D eigenvalue weighted by atomic mass is 35.5. The lowest BCUT2D eigenvalue weighted by Crippen LogP contribution is -2.71. The molecule has 2 heterocycles. The molecule has 10 heteroatoms. The van der Waals surface area contributed by atoms with Gasteiger partial charge in [0.15, 0.2) is 0 Å². The van der Waals surface area contributed by atoms with E-state index in [9.17, 15) is 19.2 Å². The van der Waals surface area contributed by atoms with E-state index in [-0.39, 0.29) is 35.4 Å². The number of halogens is 1. The number of anilines is 1. The Morgan fingerprint density at radius 3 is 2.62 bits per heavy atom. The van der Waals surface area contributed by atoms with Crippen LogP contribution in [-0.4, -0.2) is 63.8 Å². The lowest BCUT2D eigenvalue weighted by atomic mass is 9.95. The molecule has 0 radical (unpaired) electrons. The molecule has 1 aromatic carbocycles. The van der Waals surface area contributed by atoms with Crippen LogP contribution in [0.1, 0.15) is 19.4 Å². The summed E-state index contributed by atoms with van der Waals surface area (Å²) in [5, 5.41) is 5.05. The summed E-state index contributed by atoms with van der Waals surface area (Å²) < 4.78 is 4.14. The number of para-hydroxylation sites is 1. The van der Waals surface area contributed by atoms with Gasteiger partial charge in [-0.2, -0.15) is 0 Å². The highest BCUT2D eigenvalue weighted by Crippen LogP contribution is 2.51. The summed E-state index contributed by atoms with van der Waals surface area (Å²) in [4.78, 5) is 50.2. The van der Waals surface area contributed by atoms with Crippen molar-refractivity contribution in [3.8, 4) is 0 Å². The number of carbonyl (C=O) groups is 4. The quantitative estimate of drug-likeness (QED) is 0.391. The van der Waals surface area contributed by atoms with Crippen LogP contribution in [-0.2, 0) is 30.3 Å². The number of nitrogens with zero attached hydrogens (tertiary/aromatic N) is 1. The fraction of sp³-hybridized carbons (Fsp3) is 0.474. The van der Waals surface area contributed by atoms with Crippen molar-refractivity contribution in [2.45, 2.75) is 42.5 Å². The zero-order valence-electron chi connectivity index (χ0n) is 16.2. The molecule has 2 aliphatic heterocycles. The number of hydrogen-bond acceptors (Lipinski definition) is 6. The number of amides is 3. The van der Waals surface area contributed by atoms with Crippen molar-refractivity contribution in [3.05, 3.63) is 29.8 Å². The van der Waals surface area contributed by atoms with E-state index < -0.39 is 22.8 Å². The third kappa shape index (κ3) is 3.93. The van der Waals surface area contributed by atoms with Crippen LogP contribution in [0, 0.1) is 0 Å². The lowest BCUT2D eigenvalue weighted by molar-refractivity contribution is -0.162. The normalized spacial score (nSPS) is 27.7. The number of esters is 1. The van der Waals surface area contributed by atoms with Crippen molar-refractivity contribution in [2.75, 3.05) is 18.3 Å². The molecule has 2 aliphatic rings. The van der Waals surface area contributed by atoms with Crippen molar-refractivity contribution < 1.29 is 23.9 Å². The Morgan fingerprint density at radius 1 is 1.31 bits per heavy atom. The zero-order chi connectivity index (χ0) is 21.3. The maximum absolute atomic E-state index is 12.7. The van der Waals surface area contributed by atoms with Crippen LogP contribution in [0.5, 0.6) is 0 Å². The second-order valence-corrected chi connectivity index (χ2v) is 9.10. The van der Waals surface area contributed by atoms with E-state index in [2.05, 4.69) is 10.6 Å². The largest absolute Gasteiger partial charge is 0.467 e. The third-order valence-corrected chi connectivity index (χ3v) is 7.37. The molecule has 2 N–H and O–H groups in total. The van der Waals surface area contributed by atoms with E-state index in [1.54, 1.807) is 31.2 Å². The molecule has 0 aromatic heterocycles. The van der Waals surface area contributed by atoms with Gasteiger partial charge in [0.1, 0.15) is 17.5 Å². The number of alkyl halides is 1. The fourth-order valence-corrected chi connectivity index (χ4v) is 5.56. The van der Waals surface area contributed by atoms with E-state index >= 15 is 0 Å². The molecule has 0 spiro atoms. The maximum atomic E-state index is 12.7. The fourth-order valence-electron chi connectivity index (χ4n) is 3.62. The highest BCUT2D eigenvalue weighted by molar-refractivity contribution is 8.01. The first-order valence-corrected chi connectivity index (χ1v) is 10.4. The second-order valence-electron chi connectivity index (χ2n) is 7.19. The van der Waals surface area contributed by atoms with E-state index in [1.807, 2.05) is 0 Å². The molecule has 29 heavy (non-hydrogen) atoms. The van der Waals surface area contributed by atoms with Gasteiger partial charge in [0.05, 0.1) is 18.3 Å². The van der Waals surface area contributed by atoms with Gasteiger partial charge >= 0.3 is 5.97 Å². The zero-order valence-corrected chi connectivity index (χ0v) is 17.8. The number of rotatable bonds is 6. The molecule has 0 unspecified atom stereocenters. The minimum absolute atomic E-state index is 0.00479. The molecule has 8 nitrogen and oxygen atoms in total. The molecular weight excluding hydrogens is 418 g/mol. The first-order valence-electron chi connectivity index (χ1n) is 9.00. The average Bonchev–Trinajstić information content (AvgIpc) is 2.97. The summed E-state index contributed by atoms with van der Waals surface area (Å²) in [6, 6.07) is 5.44. The van der Waals surface area contributed by atoms with Gasteiger partial charge in [0.25, 0.3) is 0 Å². The minimum atomic E-state index is -0.791. The number of fused-ring (bicyclic) bond motifs is 1. The topological polar surface area (TPSA) is 105 Å². The van der Waals surface area contributed by atoms with Gasteiger partial charge in [0, 0.05) is 18.5 Å². The van der Waals surface area contributed by atoms with Crippen LogP contribution in [0.25, 0.3) is 0 Å². The molecule has 0 bridgehead atoms. The predicted octanol–water partition coefficient (Wildman–Crippen LogP) is 1.13. The van der Waals surface area contributed by atoms with Gasteiger partial charge in [0.2, 0.25) is 17.7 Å². The molecule has 0 saturated carbocycles. The van der Waals surface area contributed by atoms with Crippen LogP contribution in [0.15, 0.2) is 24.3 Å². The van der Waals surface area contributed by atoms with Crippen molar-refractivity contribution in [1.82, 2.24) is 10.2 Å². The van der Waals surface area contributed by atoms with Crippen LogP contribution >= 0.6 is 23.4 Å². The summed E-state index contributed by atoms with van der Waals surface area (Å²) >= 11 is 7.47. The number of benzene rings is 1. The Hall–Kier alpha value is -2.26. The van der Waals surface area contributed by atoms with Gasteiger partial charge in [-0.25, -0.2) is 4.79 Å². The van der Waals surface area contributed by atoms with E-state index in [1.165, 1.54) is 30.7 Å². The predicted molar refractivity (Wildman–Crippen MR) is 110 cm³/mol. The number of methoxy groups -OCH3 is 1.